The van der Waals surface area contributed by atoms with Crippen molar-refractivity contribution in [1.82, 2.24) is 4.31 Å². The molecule has 1 N–H and O–H groups in total. The van der Waals surface area contributed by atoms with Gasteiger partial charge in [0.2, 0.25) is 10.0 Å². The van der Waals surface area contributed by atoms with Crippen LogP contribution in [0.15, 0.2) is 29.2 Å². The van der Waals surface area contributed by atoms with Crippen LogP contribution in [-0.2, 0) is 10.0 Å². The minimum absolute atomic E-state index is 0.0914. The normalized spacial score (nSPS) is 12.1. The first-order chi connectivity index (χ1) is 9.43. The summed E-state index contributed by atoms with van der Waals surface area (Å²) in [6.45, 7) is 6.07. The predicted octanol–water partition coefficient (Wildman–Crippen LogP) is 1.87. The fraction of sp³-hybridized carbons (Fsp3) is 0.571. The molecule has 0 amide bonds. The Labute approximate surface area is 121 Å². The number of hydrogen-bond donors (Lipinski definition) is 1. The molecule has 0 aliphatic heterocycles. The third-order valence-electron chi connectivity index (χ3n) is 2.80. The molecular formula is C14H23NO4S. The summed E-state index contributed by atoms with van der Waals surface area (Å²) in [5, 5.41) is 9.01. The fourth-order valence-electron chi connectivity index (χ4n) is 1.82. The van der Waals surface area contributed by atoms with Gasteiger partial charge >= 0.3 is 0 Å². The predicted molar refractivity (Wildman–Crippen MR) is 78.3 cm³/mol. The number of aliphatic hydroxyl groups is 1. The van der Waals surface area contributed by atoms with E-state index in [1.807, 2.05) is 6.92 Å². The van der Waals surface area contributed by atoms with Crippen molar-refractivity contribution in [2.24, 2.45) is 0 Å². The van der Waals surface area contributed by atoms with Crippen molar-refractivity contribution < 1.29 is 18.3 Å². The van der Waals surface area contributed by atoms with Gasteiger partial charge in [0, 0.05) is 12.6 Å². The molecule has 1 rings (SSSR count). The first kappa shape index (κ1) is 16.9. The smallest absolute Gasteiger partial charge is 0.243 e. The number of aliphatic hydroxyl groups excluding tert-OH is 1. The summed E-state index contributed by atoms with van der Waals surface area (Å²) in [4.78, 5) is 0.212. The second kappa shape index (κ2) is 7.61. The lowest BCUT2D eigenvalue weighted by atomic mass is 10.3. The van der Waals surface area contributed by atoms with E-state index in [1.54, 1.807) is 26.0 Å². The van der Waals surface area contributed by atoms with Crippen LogP contribution in [0, 0.1) is 0 Å². The largest absolute Gasteiger partial charge is 0.494 e. The lowest BCUT2D eigenvalue weighted by Crippen LogP contribution is -2.38. The van der Waals surface area contributed by atoms with Crippen LogP contribution in [0.3, 0.4) is 0 Å². The fourth-order valence-corrected chi connectivity index (χ4v) is 3.45. The topological polar surface area (TPSA) is 66.8 Å². The number of benzene rings is 1. The van der Waals surface area contributed by atoms with E-state index in [0.29, 0.717) is 12.4 Å². The molecule has 0 heterocycles. The number of rotatable bonds is 8. The van der Waals surface area contributed by atoms with Crippen LogP contribution in [0.4, 0.5) is 0 Å². The van der Waals surface area contributed by atoms with E-state index in [-0.39, 0.29) is 24.1 Å². The lowest BCUT2D eigenvalue weighted by molar-refractivity contribution is 0.236. The molecule has 0 spiro atoms. The number of hydrogen-bond acceptors (Lipinski definition) is 4. The summed E-state index contributed by atoms with van der Waals surface area (Å²) in [5.74, 6) is 0.657. The molecule has 0 bridgehead atoms. The van der Waals surface area contributed by atoms with Crippen molar-refractivity contribution >= 4 is 10.0 Å². The molecule has 5 nitrogen and oxygen atoms in total. The second-order valence-electron chi connectivity index (χ2n) is 4.75. The molecule has 0 aliphatic rings. The van der Waals surface area contributed by atoms with Gasteiger partial charge in [0.15, 0.2) is 0 Å². The van der Waals surface area contributed by atoms with Gasteiger partial charge in [-0.3, -0.25) is 0 Å². The van der Waals surface area contributed by atoms with Gasteiger partial charge < -0.3 is 9.84 Å². The average molecular weight is 301 g/mol. The van der Waals surface area contributed by atoms with Crippen molar-refractivity contribution in [1.29, 1.82) is 0 Å². The maximum atomic E-state index is 12.5. The molecule has 0 aromatic heterocycles. The maximum absolute atomic E-state index is 12.5. The van der Waals surface area contributed by atoms with E-state index >= 15 is 0 Å². The summed E-state index contributed by atoms with van der Waals surface area (Å²) >= 11 is 0. The first-order valence-electron chi connectivity index (χ1n) is 6.79. The summed E-state index contributed by atoms with van der Waals surface area (Å²) in [6.07, 6.45) is 0.900. The Morgan fingerprint density at radius 3 is 2.30 bits per heavy atom. The standard InChI is InChI=1S/C14H23NO4S/c1-4-11-19-13-5-7-14(8-6-13)20(17,18)15(9-10-16)12(2)3/h5-8,12,16H,4,9-11H2,1-3H3. The Kier molecular flexibility index (Phi) is 6.45. The molecule has 0 fully saturated rings. The van der Waals surface area contributed by atoms with E-state index < -0.39 is 10.0 Å². The molecular weight excluding hydrogens is 278 g/mol. The molecule has 0 radical (unpaired) electrons. The van der Waals surface area contributed by atoms with Gasteiger partial charge in [-0.25, -0.2) is 8.42 Å². The maximum Gasteiger partial charge on any atom is 0.243 e. The zero-order valence-electron chi connectivity index (χ0n) is 12.2. The highest BCUT2D eigenvalue weighted by Gasteiger charge is 2.26. The highest BCUT2D eigenvalue weighted by atomic mass is 32.2. The molecule has 1 aromatic carbocycles. The molecule has 0 saturated carbocycles. The van der Waals surface area contributed by atoms with Crippen LogP contribution >= 0.6 is 0 Å². The quantitative estimate of drug-likeness (QED) is 0.796. The van der Waals surface area contributed by atoms with Crippen LogP contribution in [0.25, 0.3) is 0 Å². The van der Waals surface area contributed by atoms with Gasteiger partial charge in [-0.15, -0.1) is 0 Å². The van der Waals surface area contributed by atoms with Crippen molar-refractivity contribution in [3.63, 3.8) is 0 Å². The van der Waals surface area contributed by atoms with Crippen molar-refractivity contribution in [3.05, 3.63) is 24.3 Å². The lowest BCUT2D eigenvalue weighted by Gasteiger charge is -2.25. The Bertz CT molecular complexity index is 496. The second-order valence-corrected chi connectivity index (χ2v) is 6.64. The van der Waals surface area contributed by atoms with Crippen LogP contribution in [0.5, 0.6) is 5.75 Å². The monoisotopic (exact) mass is 301 g/mol. The van der Waals surface area contributed by atoms with Gasteiger partial charge in [-0.1, -0.05) is 6.92 Å². The Morgan fingerprint density at radius 1 is 1.25 bits per heavy atom. The van der Waals surface area contributed by atoms with Crippen LogP contribution < -0.4 is 4.74 Å². The van der Waals surface area contributed by atoms with Gasteiger partial charge in [0.05, 0.1) is 18.1 Å². The van der Waals surface area contributed by atoms with E-state index in [0.717, 1.165) is 6.42 Å². The highest BCUT2D eigenvalue weighted by molar-refractivity contribution is 7.89. The molecule has 0 atom stereocenters. The van der Waals surface area contributed by atoms with Gasteiger partial charge in [-0.05, 0) is 44.5 Å². The minimum Gasteiger partial charge on any atom is -0.494 e. The van der Waals surface area contributed by atoms with Crippen LogP contribution in [0.1, 0.15) is 27.2 Å². The number of nitrogens with zero attached hydrogens (tertiary/aromatic N) is 1. The van der Waals surface area contributed by atoms with Gasteiger partial charge in [-0.2, -0.15) is 4.31 Å². The van der Waals surface area contributed by atoms with Crippen LogP contribution in [-0.4, -0.2) is 43.6 Å². The van der Waals surface area contributed by atoms with Gasteiger partial charge in [0.1, 0.15) is 5.75 Å². The first-order valence-corrected chi connectivity index (χ1v) is 8.23. The molecule has 0 unspecified atom stereocenters. The van der Waals surface area contributed by atoms with E-state index in [9.17, 15) is 8.42 Å². The Hall–Kier alpha value is -1.11. The van der Waals surface area contributed by atoms with Crippen molar-refractivity contribution in [2.45, 2.75) is 38.1 Å². The van der Waals surface area contributed by atoms with Crippen molar-refractivity contribution in [3.8, 4) is 5.75 Å². The highest BCUT2D eigenvalue weighted by Crippen LogP contribution is 2.21. The minimum atomic E-state index is -3.58. The summed E-state index contributed by atoms with van der Waals surface area (Å²) in [7, 11) is -3.58. The Balaban J connectivity index is 2.96. The molecule has 0 saturated heterocycles. The number of sulfonamides is 1. The molecule has 20 heavy (non-hydrogen) atoms. The zero-order chi connectivity index (χ0) is 15.2. The summed E-state index contributed by atoms with van der Waals surface area (Å²) in [5.41, 5.74) is 0. The Morgan fingerprint density at radius 2 is 1.85 bits per heavy atom. The number of ether oxygens (including phenoxy) is 1. The van der Waals surface area contributed by atoms with Gasteiger partial charge in [0.25, 0.3) is 0 Å². The molecule has 6 heteroatoms. The SMILES string of the molecule is CCCOc1ccc(S(=O)(=O)N(CCO)C(C)C)cc1. The summed E-state index contributed by atoms with van der Waals surface area (Å²) < 4.78 is 31.6. The molecule has 1 aromatic rings. The molecule has 114 valence electrons. The van der Waals surface area contributed by atoms with Crippen molar-refractivity contribution in [2.75, 3.05) is 19.8 Å². The third-order valence-corrected chi connectivity index (χ3v) is 4.89. The molecule has 0 aliphatic carbocycles. The van der Waals surface area contributed by atoms with E-state index in [4.69, 9.17) is 9.84 Å². The van der Waals surface area contributed by atoms with E-state index in [1.165, 1.54) is 16.4 Å². The third kappa shape index (κ3) is 4.19. The average Bonchev–Trinajstić information content (AvgIpc) is 2.42. The van der Waals surface area contributed by atoms with Crippen LogP contribution in [0.2, 0.25) is 0 Å². The summed E-state index contributed by atoms with van der Waals surface area (Å²) in [6, 6.07) is 6.17. The zero-order valence-corrected chi connectivity index (χ0v) is 13.1. The van der Waals surface area contributed by atoms with E-state index in [2.05, 4.69) is 0 Å².